The molecule has 203 valence electrons. The fourth-order valence-electron chi connectivity index (χ4n) is 4.99. The number of ether oxygens (including phenoxy) is 1. The van der Waals surface area contributed by atoms with Crippen LogP contribution in [0.4, 0.5) is 0 Å². The SMILES string of the molecule is CCCc1nc(C)n(-c2ccc(OC3CC3)cc2)c(=O)c1Cc1ccc(-c2ccccc2-c2noc(=O)[nH]2)cc1.[Na]. The molecule has 0 bridgehead atoms. The first-order valence-electron chi connectivity index (χ1n) is 13.6. The molecule has 0 aliphatic heterocycles. The van der Waals surface area contributed by atoms with Crippen LogP contribution in [0.15, 0.2) is 86.9 Å². The minimum atomic E-state index is -0.595. The van der Waals surface area contributed by atoms with Crippen LogP contribution in [0.25, 0.3) is 28.2 Å². The van der Waals surface area contributed by atoms with Crippen LogP contribution in [-0.2, 0) is 12.8 Å². The van der Waals surface area contributed by atoms with Gasteiger partial charge in [0.25, 0.3) is 5.56 Å². The number of aromatic amines is 1. The van der Waals surface area contributed by atoms with Crippen molar-refractivity contribution in [3.8, 4) is 34.0 Å². The van der Waals surface area contributed by atoms with E-state index in [0.29, 0.717) is 29.7 Å². The standard InChI is InChI=1S/C32H30N4O4.Na/c1-3-6-29-28(31(37)36(20(2)33-29)23-13-15-24(16-14-23)39-25-17-18-25)19-21-9-11-22(12-10-21)26-7-4-5-8-27(26)30-34-32(38)40-35-30;/h4-5,7-16,25H,3,6,17-19H2,1-2H3,(H,34,35,38);. The van der Waals surface area contributed by atoms with Crippen LogP contribution in [0.1, 0.15) is 48.8 Å². The fraction of sp³-hybridized carbons (Fsp3) is 0.250. The van der Waals surface area contributed by atoms with E-state index in [1.807, 2.05) is 79.7 Å². The van der Waals surface area contributed by atoms with Crippen LogP contribution in [0.2, 0.25) is 0 Å². The average Bonchev–Trinajstić information content (AvgIpc) is 3.68. The first-order valence-corrected chi connectivity index (χ1v) is 13.6. The van der Waals surface area contributed by atoms with E-state index in [0.717, 1.165) is 65.1 Å². The Balaban J connectivity index is 0.00000337. The Kier molecular flexibility index (Phi) is 8.73. The summed E-state index contributed by atoms with van der Waals surface area (Å²) in [5, 5.41) is 3.85. The second kappa shape index (κ2) is 12.4. The quantitative estimate of drug-likeness (QED) is 0.248. The van der Waals surface area contributed by atoms with Gasteiger partial charge in [0.05, 0.1) is 17.5 Å². The van der Waals surface area contributed by atoms with Crippen LogP contribution >= 0.6 is 0 Å². The third kappa shape index (κ3) is 6.30. The monoisotopic (exact) mass is 557 g/mol. The van der Waals surface area contributed by atoms with Crippen molar-refractivity contribution in [1.29, 1.82) is 0 Å². The Morgan fingerprint density at radius 3 is 2.32 bits per heavy atom. The first-order chi connectivity index (χ1) is 19.5. The minimum absolute atomic E-state index is 0. The predicted octanol–water partition coefficient (Wildman–Crippen LogP) is 5.25. The second-order valence-electron chi connectivity index (χ2n) is 10.1. The van der Waals surface area contributed by atoms with Gasteiger partial charge in [-0.15, -0.1) is 0 Å². The molecule has 1 fully saturated rings. The van der Waals surface area contributed by atoms with E-state index in [-0.39, 0.29) is 35.1 Å². The molecular weight excluding hydrogens is 527 g/mol. The van der Waals surface area contributed by atoms with Gasteiger partial charge in [0.1, 0.15) is 11.6 Å². The van der Waals surface area contributed by atoms with Crippen molar-refractivity contribution >= 4 is 29.6 Å². The van der Waals surface area contributed by atoms with E-state index >= 15 is 0 Å². The first kappa shape index (κ1) is 28.8. The number of nitrogens with one attached hydrogen (secondary N) is 1. The van der Waals surface area contributed by atoms with E-state index in [4.69, 9.17) is 14.2 Å². The molecule has 0 amide bonds. The van der Waals surface area contributed by atoms with E-state index < -0.39 is 5.76 Å². The topological polar surface area (TPSA) is 103 Å². The predicted molar refractivity (Wildman–Crippen MR) is 159 cm³/mol. The zero-order valence-corrected chi connectivity index (χ0v) is 25.5. The zero-order chi connectivity index (χ0) is 27.6. The van der Waals surface area contributed by atoms with Crippen LogP contribution in [0.5, 0.6) is 5.75 Å². The summed E-state index contributed by atoms with van der Waals surface area (Å²) in [7, 11) is 0. The molecular formula is C32H30N4NaO4. The third-order valence-corrected chi connectivity index (χ3v) is 7.11. The van der Waals surface area contributed by atoms with Crippen LogP contribution < -0.4 is 16.1 Å². The van der Waals surface area contributed by atoms with Crippen molar-refractivity contribution in [2.24, 2.45) is 0 Å². The van der Waals surface area contributed by atoms with Gasteiger partial charge in [0.15, 0.2) is 5.82 Å². The van der Waals surface area contributed by atoms with Crippen molar-refractivity contribution in [3.63, 3.8) is 0 Å². The number of aryl methyl sites for hydroxylation is 2. The Labute approximate surface area is 259 Å². The van der Waals surface area contributed by atoms with Crippen molar-refractivity contribution < 1.29 is 9.26 Å². The van der Waals surface area contributed by atoms with Crippen molar-refractivity contribution in [2.75, 3.05) is 0 Å². The summed E-state index contributed by atoms with van der Waals surface area (Å²) in [6.07, 6.45) is 4.63. The van der Waals surface area contributed by atoms with E-state index in [1.54, 1.807) is 4.57 Å². The minimum Gasteiger partial charge on any atom is -0.490 e. The maximum Gasteiger partial charge on any atom is 0.439 e. The Morgan fingerprint density at radius 2 is 1.68 bits per heavy atom. The smallest absolute Gasteiger partial charge is 0.439 e. The maximum absolute atomic E-state index is 13.9. The number of nitrogens with zero attached hydrogens (tertiary/aromatic N) is 3. The summed E-state index contributed by atoms with van der Waals surface area (Å²) < 4.78 is 12.3. The molecule has 0 saturated heterocycles. The Bertz CT molecular complexity index is 1770. The molecule has 0 atom stereocenters. The Hall–Kier alpha value is -3.72. The van der Waals surface area contributed by atoms with Gasteiger partial charge in [-0.2, -0.15) is 0 Å². The molecule has 1 radical (unpaired) electrons. The molecule has 2 aromatic heterocycles. The second-order valence-corrected chi connectivity index (χ2v) is 10.1. The maximum atomic E-state index is 13.9. The van der Waals surface area contributed by atoms with Crippen LogP contribution in [0, 0.1) is 6.92 Å². The molecule has 41 heavy (non-hydrogen) atoms. The molecule has 1 aliphatic carbocycles. The molecule has 1 saturated carbocycles. The van der Waals surface area contributed by atoms with Gasteiger partial charge < -0.3 is 4.74 Å². The molecule has 6 rings (SSSR count). The zero-order valence-electron chi connectivity index (χ0n) is 23.5. The molecule has 0 spiro atoms. The average molecular weight is 558 g/mol. The van der Waals surface area contributed by atoms with Gasteiger partial charge in [-0.1, -0.05) is 67.0 Å². The number of rotatable bonds is 9. The van der Waals surface area contributed by atoms with Crippen molar-refractivity contribution in [3.05, 3.63) is 116 Å². The Morgan fingerprint density at radius 1 is 0.976 bits per heavy atom. The van der Waals surface area contributed by atoms with Gasteiger partial charge in [-0.3, -0.25) is 18.9 Å². The largest absolute Gasteiger partial charge is 0.490 e. The summed E-state index contributed by atoms with van der Waals surface area (Å²) in [6.45, 7) is 3.98. The van der Waals surface area contributed by atoms with E-state index in [1.165, 1.54) is 0 Å². The summed E-state index contributed by atoms with van der Waals surface area (Å²) in [5.41, 5.74) is 5.94. The molecule has 0 unspecified atom stereocenters. The molecule has 3 aromatic carbocycles. The van der Waals surface area contributed by atoms with Gasteiger partial charge in [-0.05, 0) is 67.1 Å². The van der Waals surface area contributed by atoms with E-state index in [2.05, 4.69) is 17.1 Å². The fourth-order valence-corrected chi connectivity index (χ4v) is 4.99. The van der Waals surface area contributed by atoms with Gasteiger partial charge >= 0.3 is 5.76 Å². The van der Waals surface area contributed by atoms with Crippen molar-refractivity contribution in [1.82, 2.24) is 19.7 Å². The summed E-state index contributed by atoms with van der Waals surface area (Å²) in [4.78, 5) is 32.9. The summed E-state index contributed by atoms with van der Waals surface area (Å²) in [6, 6.07) is 23.5. The number of benzene rings is 3. The molecule has 1 N–H and O–H groups in total. The number of hydrogen-bond acceptors (Lipinski definition) is 6. The number of H-pyrrole nitrogens is 1. The summed E-state index contributed by atoms with van der Waals surface area (Å²) in [5.74, 6) is 1.28. The van der Waals surface area contributed by atoms with Crippen molar-refractivity contribution in [2.45, 2.75) is 52.1 Å². The molecule has 5 aromatic rings. The molecule has 1 aliphatic rings. The number of hydrogen-bond donors (Lipinski definition) is 1. The van der Waals surface area contributed by atoms with Gasteiger partial charge in [0.2, 0.25) is 0 Å². The molecule has 9 heteroatoms. The van der Waals surface area contributed by atoms with Crippen LogP contribution in [0.3, 0.4) is 0 Å². The van der Waals surface area contributed by atoms with Gasteiger partial charge in [0, 0.05) is 47.1 Å². The van der Waals surface area contributed by atoms with E-state index in [9.17, 15) is 9.59 Å². The molecule has 2 heterocycles. The third-order valence-electron chi connectivity index (χ3n) is 7.11. The molecule has 8 nitrogen and oxygen atoms in total. The normalized spacial score (nSPS) is 12.6. The van der Waals surface area contributed by atoms with Crippen LogP contribution in [-0.4, -0.2) is 55.4 Å². The number of aromatic nitrogens is 4. The summed E-state index contributed by atoms with van der Waals surface area (Å²) >= 11 is 0. The van der Waals surface area contributed by atoms with Gasteiger partial charge in [-0.25, -0.2) is 9.78 Å².